The number of phosphoric ester groups is 1. The van der Waals surface area contributed by atoms with E-state index in [0.717, 1.165) is 0 Å². The molecule has 1 aliphatic heterocycles. The van der Waals surface area contributed by atoms with Crippen molar-refractivity contribution in [3.63, 3.8) is 0 Å². The summed E-state index contributed by atoms with van der Waals surface area (Å²) in [4.78, 5) is 17.0. The number of aliphatic hydroxyl groups is 3. The molecule has 0 spiro atoms. The van der Waals surface area contributed by atoms with Crippen molar-refractivity contribution < 1.29 is 38.9 Å². The molecule has 0 saturated carbocycles. The highest BCUT2D eigenvalue weighted by molar-refractivity contribution is 7.46. The molecule has 0 aromatic heterocycles. The quantitative estimate of drug-likeness (QED) is 0.349. The molecule has 15 heavy (non-hydrogen) atoms. The monoisotopic (exact) mass is 244 g/mol. The Bertz CT molecular complexity index is 264. The highest BCUT2D eigenvalue weighted by Crippen LogP contribution is 2.40. The second-order valence-electron chi connectivity index (χ2n) is 3.28. The van der Waals surface area contributed by atoms with Crippen molar-refractivity contribution in [3.8, 4) is 0 Å². The first kappa shape index (κ1) is 13.0. The molecule has 0 bridgehead atoms. The Labute approximate surface area is 85.3 Å². The molecule has 5 N–H and O–H groups in total. The van der Waals surface area contributed by atoms with E-state index in [9.17, 15) is 19.9 Å². The van der Waals surface area contributed by atoms with E-state index >= 15 is 0 Å². The zero-order chi connectivity index (χ0) is 11.8. The summed E-state index contributed by atoms with van der Waals surface area (Å²) in [5.74, 6) is 0. The highest BCUT2D eigenvalue weighted by Gasteiger charge is 2.44. The molecule has 0 radical (unpaired) electrons. The van der Waals surface area contributed by atoms with Gasteiger partial charge in [-0.3, -0.25) is 4.52 Å². The summed E-state index contributed by atoms with van der Waals surface area (Å²) >= 11 is 0. The summed E-state index contributed by atoms with van der Waals surface area (Å²) in [6, 6.07) is 0. The van der Waals surface area contributed by atoms with Crippen molar-refractivity contribution in [2.45, 2.75) is 37.6 Å². The lowest BCUT2D eigenvalue weighted by Crippen LogP contribution is -2.57. The largest absolute Gasteiger partial charge is 0.472 e. The second kappa shape index (κ2) is 4.44. The van der Waals surface area contributed by atoms with Crippen molar-refractivity contribution in [1.29, 1.82) is 0 Å². The van der Waals surface area contributed by atoms with Gasteiger partial charge in [0.2, 0.25) is 0 Å². The predicted molar refractivity (Wildman–Crippen MR) is 45.5 cm³/mol. The molecule has 1 aliphatic rings. The molecule has 1 rings (SSSR count). The second-order valence-corrected chi connectivity index (χ2v) is 4.47. The minimum absolute atomic E-state index is 0.903. The van der Waals surface area contributed by atoms with Crippen molar-refractivity contribution in [2.75, 3.05) is 0 Å². The van der Waals surface area contributed by atoms with Gasteiger partial charge in [0.05, 0.1) is 6.10 Å². The van der Waals surface area contributed by atoms with Gasteiger partial charge < -0.3 is 29.8 Å². The summed E-state index contributed by atoms with van der Waals surface area (Å²) in [5, 5.41) is 27.8. The van der Waals surface area contributed by atoms with Crippen LogP contribution in [0.25, 0.3) is 0 Å². The maximum Gasteiger partial charge on any atom is 0.472 e. The number of phosphoric acid groups is 1. The van der Waals surface area contributed by atoms with Gasteiger partial charge in [-0.15, -0.1) is 0 Å². The van der Waals surface area contributed by atoms with Crippen LogP contribution in [0.2, 0.25) is 0 Å². The lowest BCUT2D eigenvalue weighted by atomic mass is 10.0. The molecule has 1 fully saturated rings. The maximum absolute atomic E-state index is 10.5. The van der Waals surface area contributed by atoms with E-state index in [0.29, 0.717) is 0 Å². The van der Waals surface area contributed by atoms with Crippen LogP contribution in [0.1, 0.15) is 6.92 Å². The van der Waals surface area contributed by atoms with Gasteiger partial charge in [-0.2, -0.15) is 0 Å². The van der Waals surface area contributed by atoms with Gasteiger partial charge >= 0.3 is 7.82 Å². The molecule has 8 nitrogen and oxygen atoms in total. The fraction of sp³-hybridized carbons (Fsp3) is 1.00. The third-order valence-corrected chi connectivity index (χ3v) is 2.53. The number of rotatable bonds is 2. The smallest absolute Gasteiger partial charge is 0.388 e. The molecule has 5 atom stereocenters. The average molecular weight is 244 g/mol. The van der Waals surface area contributed by atoms with E-state index in [-0.39, 0.29) is 0 Å². The molecular weight excluding hydrogens is 231 g/mol. The van der Waals surface area contributed by atoms with Crippen LogP contribution in [0.4, 0.5) is 0 Å². The molecule has 0 aliphatic carbocycles. The van der Waals surface area contributed by atoms with Crippen LogP contribution in [0.15, 0.2) is 0 Å². The summed E-state index contributed by atoms with van der Waals surface area (Å²) in [6.45, 7) is 1.37. The SMILES string of the molecule is CC1OC(OP(=O)(O)O)[C@H](O)[C@@H](O)[C@@H]1O. The summed E-state index contributed by atoms with van der Waals surface area (Å²) in [7, 11) is -4.82. The molecule has 9 heteroatoms. The maximum atomic E-state index is 10.5. The Morgan fingerprint density at radius 3 is 2.13 bits per heavy atom. The fourth-order valence-corrected chi connectivity index (χ4v) is 1.68. The molecule has 0 aromatic carbocycles. The summed E-state index contributed by atoms with van der Waals surface area (Å²) in [6.07, 6.45) is -7.20. The van der Waals surface area contributed by atoms with E-state index < -0.39 is 38.5 Å². The van der Waals surface area contributed by atoms with E-state index in [2.05, 4.69) is 4.52 Å². The van der Waals surface area contributed by atoms with Gasteiger partial charge in [0.25, 0.3) is 0 Å². The lowest BCUT2D eigenvalue weighted by Gasteiger charge is -2.38. The van der Waals surface area contributed by atoms with Gasteiger partial charge in [-0.25, -0.2) is 4.57 Å². The highest BCUT2D eigenvalue weighted by atomic mass is 31.2. The van der Waals surface area contributed by atoms with Crippen LogP contribution in [-0.2, 0) is 13.8 Å². The van der Waals surface area contributed by atoms with Gasteiger partial charge in [0, 0.05) is 0 Å². The van der Waals surface area contributed by atoms with E-state index in [1.807, 2.05) is 0 Å². The first-order chi connectivity index (χ1) is 6.72. The number of hydrogen-bond donors (Lipinski definition) is 5. The van der Waals surface area contributed by atoms with E-state index in [4.69, 9.17) is 14.5 Å². The molecule has 0 amide bonds. The Morgan fingerprint density at radius 1 is 1.13 bits per heavy atom. The van der Waals surface area contributed by atoms with Crippen LogP contribution in [0.3, 0.4) is 0 Å². The first-order valence-electron chi connectivity index (χ1n) is 4.16. The predicted octanol–water partition coefficient (Wildman–Crippen LogP) is -2.08. The lowest BCUT2D eigenvalue weighted by molar-refractivity contribution is -0.271. The molecule has 1 heterocycles. The standard InChI is InChI=1S/C6H13O8P/c1-2-3(7)4(8)5(9)6(13-2)14-15(10,11)12/h2-9H,1H3,(H2,10,11,12)/t2?,3-,4+,5-,6?/m1/s1. The summed E-state index contributed by atoms with van der Waals surface area (Å²) < 4.78 is 19.4. The molecule has 1 saturated heterocycles. The van der Waals surface area contributed by atoms with Crippen molar-refractivity contribution >= 4 is 7.82 Å². The first-order valence-corrected chi connectivity index (χ1v) is 5.69. The van der Waals surface area contributed by atoms with Crippen LogP contribution in [0, 0.1) is 0 Å². The summed E-state index contributed by atoms with van der Waals surface area (Å²) in [5.41, 5.74) is 0. The van der Waals surface area contributed by atoms with Crippen LogP contribution in [-0.4, -0.2) is 55.8 Å². The Balaban J connectivity index is 2.71. The fourth-order valence-electron chi connectivity index (χ4n) is 1.24. The normalized spacial score (nSPS) is 42.9. The minimum Gasteiger partial charge on any atom is -0.388 e. The van der Waals surface area contributed by atoms with Gasteiger partial charge in [0.15, 0.2) is 6.29 Å². The van der Waals surface area contributed by atoms with E-state index in [1.165, 1.54) is 6.92 Å². The average Bonchev–Trinajstić information content (AvgIpc) is 2.08. The zero-order valence-electron chi connectivity index (χ0n) is 7.79. The Hall–Kier alpha value is -0.0500. The minimum atomic E-state index is -4.82. The van der Waals surface area contributed by atoms with Crippen molar-refractivity contribution in [3.05, 3.63) is 0 Å². The van der Waals surface area contributed by atoms with Crippen molar-refractivity contribution in [2.24, 2.45) is 0 Å². The van der Waals surface area contributed by atoms with Gasteiger partial charge in [0.1, 0.15) is 18.3 Å². The number of aliphatic hydroxyl groups excluding tert-OH is 3. The topological polar surface area (TPSA) is 137 Å². The number of ether oxygens (including phenoxy) is 1. The third-order valence-electron chi connectivity index (χ3n) is 2.05. The zero-order valence-corrected chi connectivity index (χ0v) is 8.69. The van der Waals surface area contributed by atoms with E-state index in [1.54, 1.807) is 0 Å². The van der Waals surface area contributed by atoms with Crippen LogP contribution in [0.5, 0.6) is 0 Å². The van der Waals surface area contributed by atoms with Gasteiger partial charge in [-0.1, -0.05) is 0 Å². The third kappa shape index (κ3) is 3.20. The van der Waals surface area contributed by atoms with Gasteiger partial charge in [-0.05, 0) is 6.92 Å². The van der Waals surface area contributed by atoms with Crippen LogP contribution < -0.4 is 0 Å². The number of hydrogen-bond acceptors (Lipinski definition) is 6. The molecular formula is C6H13O8P. The Kier molecular flexibility index (Phi) is 3.85. The van der Waals surface area contributed by atoms with Crippen molar-refractivity contribution in [1.82, 2.24) is 0 Å². The van der Waals surface area contributed by atoms with Crippen LogP contribution >= 0.6 is 7.82 Å². The Morgan fingerprint density at radius 2 is 1.67 bits per heavy atom. The molecule has 2 unspecified atom stereocenters. The molecule has 0 aromatic rings. The molecule has 90 valence electrons.